The molecule has 0 aromatic carbocycles. The fraction of sp³-hybridized carbons (Fsp3) is 0.857. The predicted molar refractivity (Wildman–Crippen MR) is 71.9 cm³/mol. The van der Waals surface area contributed by atoms with E-state index in [1.54, 1.807) is 0 Å². The predicted octanol–water partition coefficient (Wildman–Crippen LogP) is 2.73. The highest BCUT2D eigenvalue weighted by Crippen LogP contribution is 2.50. The molecule has 3 fully saturated rings. The Labute approximate surface area is 113 Å². The van der Waals surface area contributed by atoms with Crippen molar-refractivity contribution < 1.29 is 0 Å². The van der Waals surface area contributed by atoms with Gasteiger partial charge in [-0.2, -0.15) is 10.5 Å². The molecule has 96 valence electrons. The second-order valence-corrected chi connectivity index (χ2v) is 7.31. The summed E-state index contributed by atoms with van der Waals surface area (Å²) in [7, 11) is 0. The molecule has 4 heteroatoms. The second kappa shape index (κ2) is 4.44. The lowest BCUT2D eigenvalue weighted by Crippen LogP contribution is -2.70. The van der Waals surface area contributed by atoms with Crippen LogP contribution in [-0.4, -0.2) is 21.6 Å². The van der Waals surface area contributed by atoms with Crippen molar-refractivity contribution in [2.45, 2.75) is 72.9 Å². The van der Waals surface area contributed by atoms with Gasteiger partial charge in [0.1, 0.15) is 11.1 Å². The van der Waals surface area contributed by atoms with Crippen molar-refractivity contribution in [1.82, 2.24) is 5.32 Å². The highest BCUT2D eigenvalue weighted by molar-refractivity contribution is 8.00. The summed E-state index contributed by atoms with van der Waals surface area (Å²) in [6, 6.07) is 5.06. The largest absolute Gasteiger partial charge is 0.280 e. The molecule has 0 aromatic rings. The Balaban J connectivity index is 1.95. The second-order valence-electron chi connectivity index (χ2n) is 5.90. The Morgan fingerprint density at radius 2 is 1.39 bits per heavy atom. The SMILES string of the molecule is N#CC12CCCCC1SC1CCCCC1(C#N)N2. The van der Waals surface area contributed by atoms with Crippen LogP contribution >= 0.6 is 11.8 Å². The van der Waals surface area contributed by atoms with Gasteiger partial charge in [-0.3, -0.25) is 5.32 Å². The Hall–Kier alpha value is -0.710. The lowest BCUT2D eigenvalue weighted by atomic mass is 9.75. The molecule has 0 spiro atoms. The van der Waals surface area contributed by atoms with Crippen molar-refractivity contribution in [3.05, 3.63) is 0 Å². The molecule has 18 heavy (non-hydrogen) atoms. The minimum absolute atomic E-state index is 0.390. The Bertz CT molecular complexity index is 386. The number of nitrogens with zero attached hydrogens (tertiary/aromatic N) is 2. The summed E-state index contributed by atoms with van der Waals surface area (Å²) in [5.74, 6) is 0. The fourth-order valence-corrected chi connectivity index (χ4v) is 5.77. The zero-order chi connectivity index (χ0) is 12.6. The van der Waals surface area contributed by atoms with E-state index in [0.717, 1.165) is 38.5 Å². The minimum atomic E-state index is -0.438. The van der Waals surface area contributed by atoms with E-state index in [1.807, 2.05) is 11.8 Å². The van der Waals surface area contributed by atoms with Crippen molar-refractivity contribution in [3.63, 3.8) is 0 Å². The molecular weight excluding hydrogens is 242 g/mol. The number of hydrogen-bond acceptors (Lipinski definition) is 4. The summed E-state index contributed by atoms with van der Waals surface area (Å²) in [6.07, 6.45) is 8.78. The third-order valence-corrected chi connectivity index (χ3v) is 6.78. The summed E-state index contributed by atoms with van der Waals surface area (Å²) in [4.78, 5) is 0. The summed E-state index contributed by atoms with van der Waals surface area (Å²) in [5.41, 5.74) is -0.876. The molecule has 1 N–H and O–H groups in total. The van der Waals surface area contributed by atoms with Gasteiger partial charge in [-0.15, -0.1) is 11.8 Å². The number of hydrogen-bond donors (Lipinski definition) is 1. The first kappa shape index (κ1) is 12.3. The number of nitrogens with one attached hydrogen (secondary N) is 1. The zero-order valence-electron chi connectivity index (χ0n) is 10.6. The maximum Gasteiger partial charge on any atom is 0.119 e. The third-order valence-electron chi connectivity index (χ3n) is 4.85. The van der Waals surface area contributed by atoms with Crippen LogP contribution < -0.4 is 5.32 Å². The van der Waals surface area contributed by atoms with Crippen molar-refractivity contribution >= 4 is 11.8 Å². The van der Waals surface area contributed by atoms with Crippen LogP contribution in [0.2, 0.25) is 0 Å². The molecule has 1 saturated heterocycles. The first-order valence-electron chi connectivity index (χ1n) is 7.02. The normalized spacial score (nSPS) is 47.2. The quantitative estimate of drug-likeness (QED) is 0.728. The van der Waals surface area contributed by atoms with E-state index in [0.29, 0.717) is 10.5 Å². The molecule has 4 unspecified atom stereocenters. The van der Waals surface area contributed by atoms with Gasteiger partial charge in [0.2, 0.25) is 0 Å². The van der Waals surface area contributed by atoms with E-state index in [-0.39, 0.29) is 0 Å². The highest BCUT2D eigenvalue weighted by Gasteiger charge is 2.56. The average molecular weight is 261 g/mol. The molecule has 3 nitrogen and oxygen atoms in total. The standard InChI is InChI=1S/C14H19N3S/c15-9-13-7-3-1-5-11(13)18-12-6-2-4-8-14(12,10-16)17-13/h11-12,17H,1-8H2. The number of nitriles is 2. The van der Waals surface area contributed by atoms with E-state index in [4.69, 9.17) is 0 Å². The average Bonchev–Trinajstić information content (AvgIpc) is 2.44. The van der Waals surface area contributed by atoms with Crippen molar-refractivity contribution in [3.8, 4) is 12.1 Å². The molecule has 1 aliphatic heterocycles. The highest BCUT2D eigenvalue weighted by atomic mass is 32.2. The number of fused-ring (bicyclic) bond motifs is 2. The van der Waals surface area contributed by atoms with Crippen LogP contribution in [0.5, 0.6) is 0 Å². The van der Waals surface area contributed by atoms with E-state index in [2.05, 4.69) is 17.5 Å². The maximum atomic E-state index is 9.64. The number of rotatable bonds is 0. The molecule has 3 aliphatic rings. The van der Waals surface area contributed by atoms with Gasteiger partial charge < -0.3 is 0 Å². The Morgan fingerprint density at radius 3 is 1.83 bits per heavy atom. The van der Waals surface area contributed by atoms with Gasteiger partial charge in [-0.25, -0.2) is 0 Å². The summed E-state index contributed by atoms with van der Waals surface area (Å²) < 4.78 is 0. The van der Waals surface area contributed by atoms with Gasteiger partial charge in [-0.05, 0) is 25.7 Å². The zero-order valence-corrected chi connectivity index (χ0v) is 11.4. The summed E-state index contributed by atoms with van der Waals surface area (Å²) in [5, 5.41) is 23.6. The fourth-order valence-electron chi connectivity index (χ4n) is 3.84. The molecule has 3 rings (SSSR count). The molecular formula is C14H19N3S. The molecule has 2 saturated carbocycles. The molecule has 0 aromatic heterocycles. The van der Waals surface area contributed by atoms with Gasteiger partial charge in [-0.1, -0.05) is 25.7 Å². The number of thioether (sulfide) groups is 1. The van der Waals surface area contributed by atoms with E-state index in [1.165, 1.54) is 12.8 Å². The Morgan fingerprint density at radius 1 is 0.889 bits per heavy atom. The molecule has 0 amide bonds. The van der Waals surface area contributed by atoms with Crippen molar-refractivity contribution in [1.29, 1.82) is 10.5 Å². The molecule has 2 aliphatic carbocycles. The van der Waals surface area contributed by atoms with E-state index >= 15 is 0 Å². The van der Waals surface area contributed by atoms with Crippen LogP contribution in [0.4, 0.5) is 0 Å². The van der Waals surface area contributed by atoms with Crippen LogP contribution in [0.25, 0.3) is 0 Å². The molecule has 4 atom stereocenters. The maximum absolute atomic E-state index is 9.64. The third kappa shape index (κ3) is 1.67. The van der Waals surface area contributed by atoms with Crippen molar-refractivity contribution in [2.24, 2.45) is 0 Å². The molecule has 0 bridgehead atoms. The van der Waals surface area contributed by atoms with Gasteiger partial charge in [0.25, 0.3) is 0 Å². The van der Waals surface area contributed by atoms with Gasteiger partial charge >= 0.3 is 0 Å². The topological polar surface area (TPSA) is 59.6 Å². The first-order chi connectivity index (χ1) is 8.75. The van der Waals surface area contributed by atoms with Gasteiger partial charge in [0.15, 0.2) is 0 Å². The van der Waals surface area contributed by atoms with Crippen LogP contribution in [0.15, 0.2) is 0 Å². The molecule has 1 heterocycles. The van der Waals surface area contributed by atoms with Crippen LogP contribution in [0.3, 0.4) is 0 Å². The lowest BCUT2D eigenvalue weighted by molar-refractivity contribution is 0.190. The smallest absolute Gasteiger partial charge is 0.119 e. The van der Waals surface area contributed by atoms with Gasteiger partial charge in [0, 0.05) is 10.5 Å². The molecule has 0 radical (unpaired) electrons. The summed E-state index contributed by atoms with van der Waals surface area (Å²) in [6.45, 7) is 0. The first-order valence-corrected chi connectivity index (χ1v) is 7.96. The van der Waals surface area contributed by atoms with Crippen LogP contribution in [0.1, 0.15) is 51.4 Å². The van der Waals surface area contributed by atoms with E-state index in [9.17, 15) is 10.5 Å². The summed E-state index contributed by atoms with van der Waals surface area (Å²) >= 11 is 1.94. The monoisotopic (exact) mass is 261 g/mol. The van der Waals surface area contributed by atoms with Crippen LogP contribution in [0, 0.1) is 22.7 Å². The van der Waals surface area contributed by atoms with Crippen molar-refractivity contribution in [2.75, 3.05) is 0 Å². The van der Waals surface area contributed by atoms with Crippen LogP contribution in [-0.2, 0) is 0 Å². The Kier molecular flexibility index (Phi) is 3.04. The lowest BCUT2D eigenvalue weighted by Gasteiger charge is -2.54. The van der Waals surface area contributed by atoms with Gasteiger partial charge in [0.05, 0.1) is 12.1 Å². The minimum Gasteiger partial charge on any atom is -0.280 e. The van der Waals surface area contributed by atoms with E-state index < -0.39 is 11.1 Å².